The van der Waals surface area contributed by atoms with Crippen LogP contribution in [0.2, 0.25) is 0 Å². The van der Waals surface area contributed by atoms with Crippen LogP contribution < -0.4 is 57.9 Å². The zero-order valence-corrected chi connectivity index (χ0v) is 78.5. The summed E-state index contributed by atoms with van der Waals surface area (Å²) in [6.07, 6.45) is 2.85. The third kappa shape index (κ3) is 22.6. The number of ether oxygens (including phenoxy) is 10. The molecule has 4 aromatic heterocycles. The molecule has 29 heteroatoms. The number of fused-ring (bicyclic) bond motifs is 8. The first-order valence-corrected chi connectivity index (χ1v) is 44.9. The summed E-state index contributed by atoms with van der Waals surface area (Å²) in [7, 11) is 6.42. The van der Waals surface area contributed by atoms with E-state index in [4.69, 9.17) is 70.0 Å². The van der Waals surface area contributed by atoms with E-state index in [1.54, 1.807) is 45.2 Å². The maximum atomic E-state index is 13.1. The van der Waals surface area contributed by atoms with Crippen LogP contribution in [0.1, 0.15) is 103 Å². The molecule has 4 aliphatic rings. The highest BCUT2D eigenvalue weighted by atomic mass is 35.5. The molecule has 0 radical (unpaired) electrons. The molecule has 3 N–H and O–H groups in total. The van der Waals surface area contributed by atoms with Gasteiger partial charge in [-0.25, -0.2) is 19.4 Å². The van der Waals surface area contributed by atoms with Crippen LogP contribution in [0.25, 0.3) is 44.4 Å². The number of carbonyl (C=O) groups is 4. The molecule has 0 saturated heterocycles. The molecule has 20 rings (SSSR count). The van der Waals surface area contributed by atoms with E-state index in [9.17, 15) is 29.4 Å². The van der Waals surface area contributed by atoms with Crippen LogP contribution in [0.15, 0.2) is 267 Å². The van der Waals surface area contributed by atoms with Gasteiger partial charge >= 0.3 is 23.9 Å². The van der Waals surface area contributed by atoms with Crippen molar-refractivity contribution in [3.05, 3.63) is 338 Å². The van der Waals surface area contributed by atoms with E-state index >= 15 is 0 Å². The molecular weight excluding hydrogens is 1760 g/mol. The molecule has 4 unspecified atom stereocenters. The second kappa shape index (κ2) is 44.5. The smallest absolute Gasteiger partial charge is 0.329 e. The van der Waals surface area contributed by atoms with Crippen LogP contribution in [-0.2, 0) is 107 Å². The largest absolute Gasteiger partial charge is 0.493 e. The number of hydrogen-bond acceptors (Lipinski definition) is 26. The summed E-state index contributed by atoms with van der Waals surface area (Å²) in [5.74, 6) is 2.54. The van der Waals surface area contributed by atoms with Crippen LogP contribution in [0.4, 0.5) is 18.0 Å². The number of rotatable bonds is 25. The van der Waals surface area contributed by atoms with Crippen LogP contribution in [-0.4, -0.2) is 120 Å². The van der Waals surface area contributed by atoms with Gasteiger partial charge in [0.25, 0.3) is 18.0 Å². The number of anilines is 3. The lowest BCUT2D eigenvalue weighted by Crippen LogP contribution is -2.47. The molecule has 16 aromatic rings. The molecule has 12 aromatic carbocycles. The van der Waals surface area contributed by atoms with Gasteiger partial charge in [0.1, 0.15) is 72.7 Å². The summed E-state index contributed by atoms with van der Waals surface area (Å²) in [5, 5.41) is 23.3. The number of hydrogen-bond donors (Lipinski definition) is 3. The Hall–Kier alpha value is -15.6. The summed E-state index contributed by atoms with van der Waals surface area (Å²) >= 11 is 0. The third-order valence-electron chi connectivity index (χ3n) is 23.9. The fraction of sp³-hybridized carbons (Fsp3) is 0.259. The topological polar surface area (TPSA) is 327 Å². The van der Waals surface area contributed by atoms with Crippen LogP contribution in [0.5, 0.6) is 46.0 Å². The van der Waals surface area contributed by atoms with Gasteiger partial charge < -0.3 is 95.3 Å². The van der Waals surface area contributed by atoms with Gasteiger partial charge in [-0.05, 0) is 181 Å². The van der Waals surface area contributed by atoms with Gasteiger partial charge in [0, 0.05) is 74.1 Å². The Labute approximate surface area is 798 Å². The van der Waals surface area contributed by atoms with Crippen molar-refractivity contribution < 1.29 is 94.4 Å². The number of nitrogens with one attached hydrogen (secondary N) is 1. The summed E-state index contributed by atoms with van der Waals surface area (Å²) < 4.78 is 80.5. The standard InChI is InChI=1S/C28H28N2O5.2C26H24N2O5.C20H23NO4.C8H7NO.ClH/c1-4-33-27(31)23-15-21-20(16-30(23)28-29-22-14-18(2)10-12-24(22)35-28)11-13-25(32-3)26(21)34-17-19-8-6-5-7-9-19;2*1-16-8-10-22-20(12-16)27-26(33-22)28-14-18-9-11-23(31-2)24(19(18)13-21(28)25(29)30)32-15-17-6-4-3-5-7-17;1-3-24-20(22)17-11-16-15(12-21-17)9-10-18(23-2)19(16)25-13-14-7-5-4-6-8-14;1-6-2-3-8-7(4-6)9-5-10-8;/h5-14,23H,4,15-17H2,1-3H3;2*3-12,21H,13-15H2,1-2H3,(H,29,30);4-10,17,21H,3,11-13H2,1-2H3;2-5H,1H3;1H. The second-order valence-corrected chi connectivity index (χ2v) is 33.1. The van der Waals surface area contributed by atoms with E-state index in [1.165, 1.54) is 12.0 Å². The first-order valence-electron chi connectivity index (χ1n) is 44.9. The number of aryl methyl sites for hydroxylation is 4. The molecule has 8 heterocycles. The number of aromatic nitrogens is 4. The molecule has 4 atom stereocenters. The number of nitrogens with zero attached hydrogens (tertiary/aromatic N) is 7. The maximum absolute atomic E-state index is 13.1. The van der Waals surface area contributed by atoms with Crippen LogP contribution >= 0.6 is 12.4 Å². The van der Waals surface area contributed by atoms with E-state index in [1.807, 2.05) is 282 Å². The van der Waals surface area contributed by atoms with Crippen LogP contribution in [0.3, 0.4) is 0 Å². The molecule has 0 aliphatic carbocycles. The summed E-state index contributed by atoms with van der Waals surface area (Å²) in [6.45, 7) is 15.6. The third-order valence-corrected chi connectivity index (χ3v) is 23.9. The Kier molecular flexibility index (Phi) is 31.2. The average molecular weight is 1870 g/mol. The number of benzene rings is 12. The Morgan fingerprint density at radius 2 is 0.679 bits per heavy atom. The highest BCUT2D eigenvalue weighted by Crippen LogP contribution is 2.46. The lowest BCUT2D eigenvalue weighted by atomic mass is 9.92. The number of carbonyl (C=O) groups excluding carboxylic acids is 2. The van der Waals surface area contributed by atoms with Gasteiger partial charge in [0.05, 0.1) is 41.7 Å². The molecule has 0 spiro atoms. The minimum atomic E-state index is -0.948. The molecule has 0 saturated carbocycles. The molecule has 28 nitrogen and oxygen atoms in total. The second-order valence-electron chi connectivity index (χ2n) is 33.1. The first-order chi connectivity index (χ1) is 66.2. The van der Waals surface area contributed by atoms with Crippen molar-refractivity contribution in [3.8, 4) is 46.0 Å². The number of esters is 2. The zero-order chi connectivity index (χ0) is 94.9. The van der Waals surface area contributed by atoms with Gasteiger partial charge in [-0.1, -0.05) is 170 Å². The minimum Gasteiger partial charge on any atom is -0.493 e. The highest BCUT2D eigenvalue weighted by molar-refractivity contribution is 5.86. The number of methoxy groups -OCH3 is 4. The predicted octanol–water partition coefficient (Wildman–Crippen LogP) is 20.1. The molecule has 0 bridgehead atoms. The molecule has 0 fully saturated rings. The van der Waals surface area contributed by atoms with Gasteiger partial charge in [-0.2, -0.15) is 15.0 Å². The van der Waals surface area contributed by atoms with Crippen molar-refractivity contribution >= 4 is 98.7 Å². The Bertz CT molecular complexity index is 6690. The van der Waals surface area contributed by atoms with E-state index in [0.717, 1.165) is 100 Å². The molecule has 4 aliphatic heterocycles. The van der Waals surface area contributed by atoms with Crippen molar-refractivity contribution in [2.75, 3.05) is 56.4 Å². The van der Waals surface area contributed by atoms with Crippen molar-refractivity contribution in [1.82, 2.24) is 25.3 Å². The monoisotopic (exact) mass is 1870 g/mol. The predicted molar refractivity (Wildman–Crippen MR) is 521 cm³/mol. The molecular formula is C108H107ClN8O20. The van der Waals surface area contributed by atoms with Crippen molar-refractivity contribution in [1.29, 1.82) is 0 Å². The van der Waals surface area contributed by atoms with E-state index in [0.29, 0.717) is 164 Å². The summed E-state index contributed by atoms with van der Waals surface area (Å²) in [4.78, 5) is 72.9. The SMILES string of the molecule is CCOC(=O)C1Cc2c(ccc(OC)c2OCc2ccccc2)CN1.CCOC(=O)C1Cc2c(ccc(OC)c2OCc2ccccc2)CN1c1nc2cc(C)ccc2o1.COc1ccc2c(c1OCc1ccccc1)CC(C(=O)O)N(c1nc3cc(C)ccc3o1)C2.COc1ccc2c(c1OCc1ccccc1)CC(C(=O)O)N(c1nc3cc(C)ccc3o1)C2.Cc1ccc2ocnc2c1.Cl. The fourth-order valence-corrected chi connectivity index (χ4v) is 16.9. The van der Waals surface area contributed by atoms with Gasteiger partial charge in [0.15, 0.2) is 74.7 Å². The Balaban J connectivity index is 0.000000134. The van der Waals surface area contributed by atoms with Crippen molar-refractivity contribution in [2.45, 2.75) is 144 Å². The molecule has 706 valence electrons. The average Bonchev–Trinajstić information content (AvgIpc) is 1.59. The number of carboxylic acid groups (broad SMARTS) is 2. The van der Waals surface area contributed by atoms with Gasteiger partial charge in [-0.3, -0.25) is 4.79 Å². The normalized spacial score (nSPS) is 14.9. The Morgan fingerprint density at radius 3 is 1.01 bits per heavy atom. The van der Waals surface area contributed by atoms with Crippen molar-refractivity contribution in [3.63, 3.8) is 0 Å². The number of aliphatic carboxylic acids is 2. The van der Waals surface area contributed by atoms with E-state index < -0.39 is 30.1 Å². The van der Waals surface area contributed by atoms with Gasteiger partial charge in [-0.15, -0.1) is 12.4 Å². The van der Waals surface area contributed by atoms with Gasteiger partial charge in [0.2, 0.25) is 0 Å². The highest BCUT2D eigenvalue weighted by Gasteiger charge is 2.41. The maximum Gasteiger partial charge on any atom is 0.329 e. The number of carboxylic acids is 2. The fourth-order valence-electron chi connectivity index (χ4n) is 16.9. The number of oxazole rings is 4. The van der Waals surface area contributed by atoms with Crippen molar-refractivity contribution in [2.24, 2.45) is 0 Å². The molecule has 137 heavy (non-hydrogen) atoms. The Morgan fingerprint density at radius 1 is 0.372 bits per heavy atom. The van der Waals surface area contributed by atoms with Crippen LogP contribution in [0, 0.1) is 27.7 Å². The summed E-state index contributed by atoms with van der Waals surface area (Å²) in [5.41, 5.74) is 22.2. The van der Waals surface area contributed by atoms with E-state index in [2.05, 4.69) is 20.3 Å². The zero-order valence-electron chi connectivity index (χ0n) is 77.7. The van der Waals surface area contributed by atoms with E-state index in [-0.39, 0.29) is 49.8 Å². The minimum absolute atomic E-state index is 0. The molecule has 0 amide bonds. The quantitative estimate of drug-likeness (QED) is 0.0448. The number of halogens is 1. The lowest BCUT2D eigenvalue weighted by Gasteiger charge is -2.35. The first kappa shape index (κ1) is 96.0. The summed E-state index contributed by atoms with van der Waals surface area (Å²) in [6, 6.07) is 76.6. The lowest BCUT2D eigenvalue weighted by molar-refractivity contribution is -0.146.